The summed E-state index contributed by atoms with van der Waals surface area (Å²) in [6, 6.07) is 12.6. The van der Waals surface area contributed by atoms with Gasteiger partial charge in [0.2, 0.25) is 5.91 Å². The maximum atomic E-state index is 13.2. The summed E-state index contributed by atoms with van der Waals surface area (Å²) in [5.41, 5.74) is 0.532. The van der Waals surface area contributed by atoms with Gasteiger partial charge < -0.3 is 19.7 Å². The first-order valence-corrected chi connectivity index (χ1v) is 8.62. The molecule has 0 atom stereocenters. The molecule has 2 rings (SSSR count). The molecule has 2 aromatic carbocycles. The first-order chi connectivity index (χ1) is 13.0. The summed E-state index contributed by atoms with van der Waals surface area (Å²) in [4.78, 5) is 26.1. The van der Waals surface area contributed by atoms with Crippen LogP contribution in [0.25, 0.3) is 0 Å². The highest BCUT2D eigenvalue weighted by atomic mass is 19.1. The molecule has 6 nitrogen and oxygen atoms in total. The summed E-state index contributed by atoms with van der Waals surface area (Å²) in [6.07, 6.45) is 0.688. The molecular weight excluding hydrogens is 351 g/mol. The lowest BCUT2D eigenvalue weighted by Crippen LogP contribution is -2.41. The Labute approximate surface area is 157 Å². The van der Waals surface area contributed by atoms with E-state index >= 15 is 0 Å². The quantitative estimate of drug-likeness (QED) is 0.732. The Hall–Kier alpha value is -3.09. The molecule has 0 heterocycles. The summed E-state index contributed by atoms with van der Waals surface area (Å²) in [6.45, 7) is 1.93. The van der Waals surface area contributed by atoms with Crippen LogP contribution in [0.3, 0.4) is 0 Å². The molecule has 1 N–H and O–H groups in total. The average molecular weight is 374 g/mol. The van der Waals surface area contributed by atoms with Crippen LogP contribution in [0.5, 0.6) is 11.5 Å². The third-order valence-corrected chi connectivity index (χ3v) is 3.72. The van der Waals surface area contributed by atoms with Crippen LogP contribution in [0.2, 0.25) is 0 Å². The maximum Gasteiger partial charge on any atom is 0.260 e. The second-order valence-corrected chi connectivity index (χ2v) is 5.81. The zero-order valence-corrected chi connectivity index (χ0v) is 15.4. The molecule has 2 aromatic rings. The van der Waals surface area contributed by atoms with E-state index < -0.39 is 5.82 Å². The Balaban J connectivity index is 1.94. The number of nitrogens with one attached hydrogen (secondary N) is 1. The van der Waals surface area contributed by atoms with E-state index in [2.05, 4.69) is 5.32 Å². The number of rotatable bonds is 9. The van der Waals surface area contributed by atoms with Gasteiger partial charge in [0, 0.05) is 12.6 Å². The predicted octanol–water partition coefficient (Wildman–Crippen LogP) is 3.09. The smallest absolute Gasteiger partial charge is 0.260 e. The molecule has 0 saturated heterocycles. The lowest BCUT2D eigenvalue weighted by atomic mass is 10.3. The summed E-state index contributed by atoms with van der Waals surface area (Å²) in [5.74, 6) is -0.336. The summed E-state index contributed by atoms with van der Waals surface area (Å²) in [5, 5.41) is 2.74. The molecule has 0 aliphatic carbocycles. The van der Waals surface area contributed by atoms with Crippen molar-refractivity contribution in [3.63, 3.8) is 0 Å². The van der Waals surface area contributed by atoms with Gasteiger partial charge in [-0.1, -0.05) is 25.1 Å². The van der Waals surface area contributed by atoms with Crippen molar-refractivity contribution in [3.8, 4) is 11.5 Å². The van der Waals surface area contributed by atoms with Gasteiger partial charge in [0.25, 0.3) is 5.91 Å². The highest BCUT2D eigenvalue weighted by molar-refractivity contribution is 5.95. The van der Waals surface area contributed by atoms with Crippen molar-refractivity contribution in [2.75, 3.05) is 32.1 Å². The largest absolute Gasteiger partial charge is 0.495 e. The number of para-hydroxylation sites is 2. The number of methoxy groups -OCH3 is 1. The highest BCUT2D eigenvalue weighted by Crippen LogP contribution is 2.22. The molecule has 0 fully saturated rings. The molecular formula is C20H23FN2O4. The third-order valence-electron chi connectivity index (χ3n) is 3.72. The fourth-order valence-electron chi connectivity index (χ4n) is 2.47. The normalized spacial score (nSPS) is 10.2. The van der Waals surface area contributed by atoms with Gasteiger partial charge in [0.05, 0.1) is 19.3 Å². The molecule has 0 unspecified atom stereocenters. The Kier molecular flexibility index (Phi) is 7.61. The second kappa shape index (κ2) is 10.2. The number of nitrogens with zero attached hydrogens (tertiary/aromatic N) is 1. The Morgan fingerprint density at radius 2 is 1.93 bits per heavy atom. The zero-order chi connectivity index (χ0) is 19.6. The van der Waals surface area contributed by atoms with Crippen LogP contribution in [-0.4, -0.2) is 43.5 Å². The van der Waals surface area contributed by atoms with Gasteiger partial charge in [-0.05, 0) is 30.7 Å². The molecule has 0 aliphatic heterocycles. The van der Waals surface area contributed by atoms with Gasteiger partial charge in [0.1, 0.15) is 17.3 Å². The molecule has 0 bridgehead atoms. The van der Waals surface area contributed by atoms with E-state index in [0.717, 1.165) is 0 Å². The molecule has 0 aromatic heterocycles. The van der Waals surface area contributed by atoms with Gasteiger partial charge in [-0.3, -0.25) is 9.59 Å². The number of amides is 2. The van der Waals surface area contributed by atoms with Crippen LogP contribution < -0.4 is 14.8 Å². The molecule has 0 saturated carbocycles. The molecule has 144 valence electrons. The van der Waals surface area contributed by atoms with E-state index in [4.69, 9.17) is 9.47 Å². The average Bonchev–Trinajstić information content (AvgIpc) is 2.66. The minimum atomic E-state index is -0.443. The molecule has 2 amide bonds. The number of hydrogen-bond donors (Lipinski definition) is 1. The second-order valence-electron chi connectivity index (χ2n) is 5.81. The fourth-order valence-corrected chi connectivity index (χ4v) is 2.47. The van der Waals surface area contributed by atoms with Crippen LogP contribution in [0.4, 0.5) is 10.1 Å². The molecule has 27 heavy (non-hydrogen) atoms. The van der Waals surface area contributed by atoms with Crippen LogP contribution >= 0.6 is 0 Å². The number of benzene rings is 2. The van der Waals surface area contributed by atoms with E-state index in [9.17, 15) is 14.0 Å². The van der Waals surface area contributed by atoms with Crippen LogP contribution in [0.15, 0.2) is 48.5 Å². The Bertz CT molecular complexity index is 782. The number of ether oxygens (including phenoxy) is 2. The number of anilines is 1. The predicted molar refractivity (Wildman–Crippen MR) is 100 cm³/mol. The zero-order valence-electron chi connectivity index (χ0n) is 15.4. The lowest BCUT2D eigenvalue weighted by Gasteiger charge is -2.22. The van der Waals surface area contributed by atoms with Gasteiger partial charge in [0.15, 0.2) is 6.61 Å². The summed E-state index contributed by atoms with van der Waals surface area (Å²) >= 11 is 0. The van der Waals surface area contributed by atoms with E-state index in [1.807, 2.05) is 6.92 Å². The number of hydrogen-bond acceptors (Lipinski definition) is 4. The number of carbonyl (C=O) groups excluding carboxylic acids is 2. The third kappa shape index (κ3) is 6.29. The van der Waals surface area contributed by atoms with E-state index in [1.54, 1.807) is 30.3 Å². The highest BCUT2D eigenvalue weighted by Gasteiger charge is 2.18. The minimum absolute atomic E-state index is 0.114. The van der Waals surface area contributed by atoms with Crippen molar-refractivity contribution < 1.29 is 23.5 Å². The van der Waals surface area contributed by atoms with Crippen molar-refractivity contribution in [1.29, 1.82) is 0 Å². The molecule has 7 heteroatoms. The first-order valence-electron chi connectivity index (χ1n) is 8.62. The van der Waals surface area contributed by atoms with Crippen molar-refractivity contribution >= 4 is 17.5 Å². The van der Waals surface area contributed by atoms with Crippen molar-refractivity contribution in [2.45, 2.75) is 13.3 Å². The number of carbonyl (C=O) groups is 2. The lowest BCUT2D eigenvalue weighted by molar-refractivity contribution is -0.136. The van der Waals surface area contributed by atoms with Crippen molar-refractivity contribution in [3.05, 3.63) is 54.3 Å². The first kappa shape index (κ1) is 20.2. The molecule has 0 aliphatic rings. The van der Waals surface area contributed by atoms with E-state index in [0.29, 0.717) is 24.4 Å². The van der Waals surface area contributed by atoms with Crippen molar-refractivity contribution in [1.82, 2.24) is 4.90 Å². The Morgan fingerprint density at radius 1 is 1.15 bits per heavy atom. The SMILES string of the molecule is CCCN(CC(=O)Nc1ccccc1OC)C(=O)COc1cccc(F)c1. The van der Waals surface area contributed by atoms with Gasteiger partial charge >= 0.3 is 0 Å². The molecule has 0 radical (unpaired) electrons. The Morgan fingerprint density at radius 3 is 2.63 bits per heavy atom. The topological polar surface area (TPSA) is 67.9 Å². The summed E-state index contributed by atoms with van der Waals surface area (Å²) in [7, 11) is 1.52. The van der Waals surface area contributed by atoms with Gasteiger partial charge in [-0.2, -0.15) is 0 Å². The number of halogens is 1. The monoisotopic (exact) mass is 374 g/mol. The van der Waals surface area contributed by atoms with E-state index in [1.165, 1.54) is 30.2 Å². The summed E-state index contributed by atoms with van der Waals surface area (Å²) < 4.78 is 23.7. The standard InChI is InChI=1S/C20H23FN2O4/c1-3-11-23(20(25)14-27-16-8-6-7-15(21)12-16)13-19(24)22-17-9-4-5-10-18(17)26-2/h4-10,12H,3,11,13-14H2,1-2H3,(H,22,24). The van der Waals surface area contributed by atoms with Crippen LogP contribution in [0, 0.1) is 5.82 Å². The molecule has 0 spiro atoms. The van der Waals surface area contributed by atoms with Gasteiger partial charge in [-0.25, -0.2) is 4.39 Å². The van der Waals surface area contributed by atoms with Crippen molar-refractivity contribution in [2.24, 2.45) is 0 Å². The fraction of sp³-hybridized carbons (Fsp3) is 0.300. The maximum absolute atomic E-state index is 13.2. The van der Waals surface area contributed by atoms with E-state index in [-0.39, 0.29) is 30.7 Å². The minimum Gasteiger partial charge on any atom is -0.495 e. The van der Waals surface area contributed by atoms with Gasteiger partial charge in [-0.15, -0.1) is 0 Å². The van der Waals surface area contributed by atoms with Crippen LogP contribution in [0.1, 0.15) is 13.3 Å². The van der Waals surface area contributed by atoms with Crippen LogP contribution in [-0.2, 0) is 9.59 Å².